The van der Waals surface area contributed by atoms with Gasteiger partial charge in [-0.2, -0.15) is 0 Å². The molecule has 0 unspecified atom stereocenters. The van der Waals surface area contributed by atoms with Gasteiger partial charge in [0.05, 0.1) is 19.3 Å². The molecule has 1 aliphatic heterocycles. The maximum absolute atomic E-state index is 12.2. The fraction of sp³-hybridized carbons (Fsp3) is 0.522. The van der Waals surface area contributed by atoms with Crippen LogP contribution >= 0.6 is 0 Å². The van der Waals surface area contributed by atoms with Crippen molar-refractivity contribution in [3.05, 3.63) is 52.1 Å². The standard InChI is InChI=1S/C23H32O7/c1-13(2)6-8-15-10-17(22(27)28-5)11-16(9-7-14(3)4)21(15)30-23-20(26)19(25)18(24)12-29-23/h6-7,10-11,18-20,23-26H,8-9,12H2,1-5H3/t18-,19-,20+,23-/m0/s1. The maximum atomic E-state index is 12.2. The SMILES string of the molecule is COC(=O)c1cc(CC=C(C)C)c(O[C@@H]2OC[C@H](O)[C@H](O)[C@H]2O)c(CC=C(C)C)c1. The first-order valence-electron chi connectivity index (χ1n) is 9.97. The van der Waals surface area contributed by atoms with Crippen LogP contribution < -0.4 is 4.74 Å². The molecule has 1 heterocycles. The summed E-state index contributed by atoms with van der Waals surface area (Å²) in [5.41, 5.74) is 4.06. The molecule has 1 aliphatic rings. The van der Waals surface area contributed by atoms with E-state index < -0.39 is 30.6 Å². The summed E-state index contributed by atoms with van der Waals surface area (Å²) in [6, 6.07) is 3.40. The molecule has 0 amide bonds. The molecule has 3 N–H and O–H groups in total. The Labute approximate surface area is 177 Å². The first-order chi connectivity index (χ1) is 14.1. The van der Waals surface area contributed by atoms with Gasteiger partial charge in [-0.1, -0.05) is 23.3 Å². The highest BCUT2D eigenvalue weighted by Gasteiger charge is 2.39. The molecule has 0 spiro atoms. The lowest BCUT2D eigenvalue weighted by Gasteiger charge is -2.35. The van der Waals surface area contributed by atoms with Crippen LogP contribution in [0.3, 0.4) is 0 Å². The molecule has 1 aromatic rings. The van der Waals surface area contributed by atoms with Gasteiger partial charge in [-0.15, -0.1) is 0 Å². The summed E-state index contributed by atoms with van der Waals surface area (Å²) in [6.07, 6.45) is -0.117. The van der Waals surface area contributed by atoms with Gasteiger partial charge in [-0.05, 0) is 63.8 Å². The third kappa shape index (κ3) is 6.15. The number of methoxy groups -OCH3 is 1. The Morgan fingerprint density at radius 1 is 1.03 bits per heavy atom. The van der Waals surface area contributed by atoms with Crippen LogP contribution in [0.15, 0.2) is 35.4 Å². The number of hydrogen-bond donors (Lipinski definition) is 3. The van der Waals surface area contributed by atoms with E-state index >= 15 is 0 Å². The topological polar surface area (TPSA) is 105 Å². The van der Waals surface area contributed by atoms with Gasteiger partial charge in [0.25, 0.3) is 0 Å². The second-order valence-corrected chi connectivity index (χ2v) is 7.95. The van der Waals surface area contributed by atoms with E-state index in [2.05, 4.69) is 0 Å². The Bertz CT molecular complexity index is 763. The third-order valence-corrected chi connectivity index (χ3v) is 4.81. The van der Waals surface area contributed by atoms with Crippen LogP contribution in [-0.2, 0) is 22.3 Å². The van der Waals surface area contributed by atoms with Gasteiger partial charge in [0, 0.05) is 0 Å². The molecule has 0 bridgehead atoms. The number of aliphatic hydroxyl groups excluding tert-OH is 3. The third-order valence-electron chi connectivity index (χ3n) is 4.81. The Morgan fingerprint density at radius 3 is 2.03 bits per heavy atom. The molecular formula is C23H32O7. The molecule has 0 aliphatic carbocycles. The number of allylic oxidation sites excluding steroid dienone is 4. The van der Waals surface area contributed by atoms with Crippen molar-refractivity contribution in [2.75, 3.05) is 13.7 Å². The Kier molecular flexibility index (Phi) is 8.61. The van der Waals surface area contributed by atoms with E-state index in [9.17, 15) is 20.1 Å². The summed E-state index contributed by atoms with van der Waals surface area (Å²) in [5, 5.41) is 30.0. The minimum absolute atomic E-state index is 0.157. The number of ether oxygens (including phenoxy) is 3. The molecular weight excluding hydrogens is 388 g/mol. The molecule has 0 saturated carbocycles. The normalized spacial score (nSPS) is 23.5. The van der Waals surface area contributed by atoms with Gasteiger partial charge < -0.3 is 29.5 Å². The molecule has 1 fully saturated rings. The molecule has 1 saturated heterocycles. The van der Waals surface area contributed by atoms with Crippen molar-refractivity contribution in [2.45, 2.75) is 65.1 Å². The summed E-state index contributed by atoms with van der Waals surface area (Å²) in [7, 11) is 1.33. The number of benzene rings is 1. The fourth-order valence-corrected chi connectivity index (χ4v) is 3.07. The van der Waals surface area contributed by atoms with Crippen LogP contribution in [0.1, 0.15) is 49.2 Å². The zero-order chi connectivity index (χ0) is 22.4. The largest absolute Gasteiger partial charge is 0.465 e. The predicted molar refractivity (Wildman–Crippen MR) is 112 cm³/mol. The Hall–Kier alpha value is -2.19. The monoisotopic (exact) mass is 420 g/mol. The zero-order valence-electron chi connectivity index (χ0n) is 18.2. The average Bonchev–Trinajstić information content (AvgIpc) is 2.70. The average molecular weight is 421 g/mol. The highest BCUT2D eigenvalue weighted by molar-refractivity contribution is 5.90. The summed E-state index contributed by atoms with van der Waals surface area (Å²) < 4.78 is 16.4. The predicted octanol–water partition coefficient (Wildman–Crippen LogP) is 2.31. The molecule has 7 nitrogen and oxygen atoms in total. The Balaban J connectivity index is 2.53. The van der Waals surface area contributed by atoms with Crippen LogP contribution in [0.4, 0.5) is 0 Å². The molecule has 4 atom stereocenters. The Morgan fingerprint density at radius 2 is 1.57 bits per heavy atom. The quantitative estimate of drug-likeness (QED) is 0.459. The number of carbonyl (C=O) groups excluding carboxylic acids is 1. The van der Waals surface area contributed by atoms with Gasteiger partial charge in [-0.3, -0.25) is 0 Å². The van der Waals surface area contributed by atoms with Gasteiger partial charge in [0.2, 0.25) is 6.29 Å². The van der Waals surface area contributed by atoms with Crippen LogP contribution in [0.25, 0.3) is 0 Å². The number of carbonyl (C=O) groups is 1. The summed E-state index contributed by atoms with van der Waals surface area (Å²) in [5.74, 6) is 0.0243. The van der Waals surface area contributed by atoms with Crippen LogP contribution in [-0.4, -0.2) is 59.6 Å². The van der Waals surface area contributed by atoms with E-state index in [0.29, 0.717) is 24.2 Å². The van der Waals surface area contributed by atoms with Crippen molar-refractivity contribution in [1.82, 2.24) is 0 Å². The van der Waals surface area contributed by atoms with Gasteiger partial charge in [0.1, 0.15) is 24.1 Å². The smallest absolute Gasteiger partial charge is 0.337 e. The minimum Gasteiger partial charge on any atom is -0.465 e. The van der Waals surface area contributed by atoms with Crippen molar-refractivity contribution >= 4 is 5.97 Å². The minimum atomic E-state index is -1.42. The molecule has 1 aromatic carbocycles. The van der Waals surface area contributed by atoms with Crippen molar-refractivity contribution in [3.8, 4) is 5.75 Å². The summed E-state index contributed by atoms with van der Waals surface area (Å²) in [4.78, 5) is 12.2. The van der Waals surface area contributed by atoms with E-state index in [0.717, 1.165) is 22.3 Å². The molecule has 7 heteroatoms. The molecule has 166 valence electrons. The lowest BCUT2D eigenvalue weighted by molar-refractivity contribution is -0.242. The van der Waals surface area contributed by atoms with Crippen molar-refractivity contribution in [2.24, 2.45) is 0 Å². The van der Waals surface area contributed by atoms with E-state index in [4.69, 9.17) is 14.2 Å². The van der Waals surface area contributed by atoms with Crippen molar-refractivity contribution in [3.63, 3.8) is 0 Å². The number of esters is 1. The fourth-order valence-electron chi connectivity index (χ4n) is 3.07. The zero-order valence-corrected chi connectivity index (χ0v) is 18.2. The molecule has 0 radical (unpaired) electrons. The number of hydrogen-bond acceptors (Lipinski definition) is 7. The first-order valence-corrected chi connectivity index (χ1v) is 9.97. The highest BCUT2D eigenvalue weighted by Crippen LogP contribution is 2.32. The second kappa shape index (κ2) is 10.7. The van der Waals surface area contributed by atoms with E-state index in [1.807, 2.05) is 39.8 Å². The second-order valence-electron chi connectivity index (χ2n) is 7.95. The van der Waals surface area contributed by atoms with Gasteiger partial charge >= 0.3 is 5.97 Å². The van der Waals surface area contributed by atoms with Gasteiger partial charge in [-0.25, -0.2) is 4.79 Å². The first kappa shape index (κ1) is 24.1. The van der Waals surface area contributed by atoms with Crippen LogP contribution in [0.2, 0.25) is 0 Å². The molecule has 0 aromatic heterocycles. The van der Waals surface area contributed by atoms with E-state index in [1.165, 1.54) is 7.11 Å². The highest BCUT2D eigenvalue weighted by atomic mass is 16.7. The molecule has 2 rings (SSSR count). The van der Waals surface area contributed by atoms with Crippen LogP contribution in [0, 0.1) is 0 Å². The lowest BCUT2D eigenvalue weighted by Crippen LogP contribution is -2.54. The lowest BCUT2D eigenvalue weighted by atomic mass is 9.98. The number of rotatable bonds is 7. The van der Waals surface area contributed by atoms with E-state index in [-0.39, 0.29) is 6.61 Å². The van der Waals surface area contributed by atoms with Crippen LogP contribution in [0.5, 0.6) is 5.75 Å². The molecule has 30 heavy (non-hydrogen) atoms. The van der Waals surface area contributed by atoms with E-state index in [1.54, 1.807) is 12.1 Å². The van der Waals surface area contributed by atoms with Crippen molar-refractivity contribution in [1.29, 1.82) is 0 Å². The number of aliphatic hydroxyl groups is 3. The van der Waals surface area contributed by atoms with Gasteiger partial charge in [0.15, 0.2) is 0 Å². The van der Waals surface area contributed by atoms with Crippen molar-refractivity contribution < 1.29 is 34.3 Å². The summed E-state index contributed by atoms with van der Waals surface area (Å²) in [6.45, 7) is 7.73. The summed E-state index contributed by atoms with van der Waals surface area (Å²) >= 11 is 0. The maximum Gasteiger partial charge on any atom is 0.337 e.